The lowest BCUT2D eigenvalue weighted by Gasteiger charge is -2.54. The third-order valence-corrected chi connectivity index (χ3v) is 8.68. The topological polar surface area (TPSA) is 351 Å². The number of nitro benzene ring substituents is 1. The first-order chi connectivity index (χ1) is 24.4. The summed E-state index contributed by atoms with van der Waals surface area (Å²) in [6, 6.07) is -1.54. The molecule has 11 N–H and O–H groups in total. The number of amides is 3. The molecule has 1 aromatic carbocycles. The molecule has 22 heteroatoms. The number of carbonyl (C=O) groups is 4. The summed E-state index contributed by atoms with van der Waals surface area (Å²) >= 11 is 0. The van der Waals surface area contributed by atoms with Crippen molar-refractivity contribution in [2.45, 2.75) is 106 Å². The zero-order chi connectivity index (χ0) is 39.2. The fraction of sp³-hybridized carbons (Fsp3) is 0.667. The molecule has 2 heterocycles. The molecule has 0 aromatic heterocycles. The number of nitro groups is 1. The van der Waals surface area contributed by atoms with Gasteiger partial charge in [-0.15, -0.1) is 0 Å². The Morgan fingerprint density at radius 1 is 1.02 bits per heavy atom. The molecule has 52 heavy (non-hydrogen) atoms. The van der Waals surface area contributed by atoms with E-state index >= 15 is 0 Å². The summed E-state index contributed by atoms with van der Waals surface area (Å²) in [5.41, 5.74) is 4.97. The second-order valence-electron chi connectivity index (χ2n) is 12.2. The smallest absolute Gasteiger partial charge is 0.269 e. The molecule has 1 aromatic rings. The van der Waals surface area contributed by atoms with E-state index in [2.05, 4.69) is 5.32 Å². The van der Waals surface area contributed by atoms with Crippen LogP contribution in [0.2, 0.25) is 0 Å². The average molecular weight is 749 g/mol. The summed E-state index contributed by atoms with van der Waals surface area (Å²) in [6.45, 7) is -0.226. The standard InChI is InChI=1S/C30H44N4O18/c1-12(39)32-28-25(46)27(50-29-21(33(13(2)40)14(3)41)24(45)23(44)19(10-37)49-29)20(11-38)51-30(28,15-4-6-16(7-5-15)34(47)48)52-26(18(42)9-36)22(43)17(31)8-35/h4-8,17-29,36-38,42-46H,9-11,31H2,1-3H3,(H,32,39)/t17-,18+,19+,20+,21+,22+,23+,24+,25-,26+,27+,28+,29-,30-/m0/s1. The highest BCUT2D eigenvalue weighted by Crippen LogP contribution is 2.44. The van der Waals surface area contributed by atoms with Crippen molar-refractivity contribution >= 4 is 29.7 Å². The first-order valence-electron chi connectivity index (χ1n) is 15.8. The van der Waals surface area contributed by atoms with Crippen LogP contribution in [-0.4, -0.2) is 174 Å². The number of aldehydes is 1. The fourth-order valence-corrected chi connectivity index (χ4v) is 6.17. The molecule has 0 spiro atoms. The molecule has 2 aliphatic heterocycles. The summed E-state index contributed by atoms with van der Waals surface area (Å²) in [5.74, 6) is -5.47. The Morgan fingerprint density at radius 2 is 1.60 bits per heavy atom. The van der Waals surface area contributed by atoms with Crippen molar-refractivity contribution in [2.75, 3.05) is 19.8 Å². The quantitative estimate of drug-likeness (QED) is 0.0453. The van der Waals surface area contributed by atoms with E-state index < -0.39 is 133 Å². The number of imide groups is 1. The molecule has 0 aliphatic carbocycles. The Kier molecular flexibility index (Phi) is 14.8. The molecule has 0 radical (unpaired) electrons. The van der Waals surface area contributed by atoms with Crippen LogP contribution in [0.15, 0.2) is 24.3 Å². The number of non-ortho nitro benzene ring substituents is 1. The minimum atomic E-state index is -2.70. The van der Waals surface area contributed by atoms with E-state index in [1.807, 2.05) is 0 Å². The molecule has 0 saturated carbocycles. The maximum absolute atomic E-state index is 12.7. The maximum Gasteiger partial charge on any atom is 0.269 e. The number of aliphatic hydroxyl groups excluding tert-OH is 8. The second-order valence-corrected chi connectivity index (χ2v) is 12.2. The Hall–Kier alpha value is -3.62. The number of rotatable bonds is 15. The summed E-state index contributed by atoms with van der Waals surface area (Å²) in [6.07, 6.45) is -19.4. The summed E-state index contributed by atoms with van der Waals surface area (Å²) in [7, 11) is 0. The van der Waals surface area contributed by atoms with E-state index in [9.17, 15) is 70.1 Å². The highest BCUT2D eigenvalue weighted by molar-refractivity contribution is 5.93. The van der Waals surface area contributed by atoms with Gasteiger partial charge in [0.2, 0.25) is 23.5 Å². The van der Waals surface area contributed by atoms with Gasteiger partial charge in [-0.2, -0.15) is 0 Å². The van der Waals surface area contributed by atoms with Gasteiger partial charge in [0.1, 0.15) is 73.3 Å². The van der Waals surface area contributed by atoms with Crippen molar-refractivity contribution < 1.29 is 83.9 Å². The van der Waals surface area contributed by atoms with Crippen LogP contribution in [0.25, 0.3) is 0 Å². The Morgan fingerprint density at radius 3 is 2.06 bits per heavy atom. The molecule has 22 nitrogen and oxygen atoms in total. The van der Waals surface area contributed by atoms with E-state index in [-0.39, 0.29) is 11.8 Å². The van der Waals surface area contributed by atoms with Crippen molar-refractivity contribution in [1.82, 2.24) is 10.2 Å². The van der Waals surface area contributed by atoms with Gasteiger partial charge in [0, 0.05) is 38.5 Å². The molecule has 3 rings (SSSR count). The number of ether oxygens (including phenoxy) is 4. The largest absolute Gasteiger partial charge is 0.394 e. The third kappa shape index (κ3) is 8.77. The number of nitrogens with zero attached hydrogens (tertiary/aromatic N) is 2. The van der Waals surface area contributed by atoms with Crippen LogP contribution in [0.1, 0.15) is 26.3 Å². The molecular formula is C30H44N4O18. The van der Waals surface area contributed by atoms with Gasteiger partial charge in [0.15, 0.2) is 6.29 Å². The number of benzene rings is 1. The number of hydrogen-bond donors (Lipinski definition) is 10. The first-order valence-corrected chi connectivity index (χ1v) is 15.8. The monoisotopic (exact) mass is 748 g/mol. The van der Waals surface area contributed by atoms with Crippen LogP contribution >= 0.6 is 0 Å². The van der Waals surface area contributed by atoms with Crippen LogP contribution in [-0.2, 0) is 43.9 Å². The van der Waals surface area contributed by atoms with E-state index in [1.165, 1.54) is 0 Å². The summed E-state index contributed by atoms with van der Waals surface area (Å²) < 4.78 is 23.9. The van der Waals surface area contributed by atoms with Gasteiger partial charge in [-0.05, 0) is 12.1 Å². The number of nitrogens with two attached hydrogens (primary N) is 1. The number of aliphatic hydroxyl groups is 8. The van der Waals surface area contributed by atoms with Crippen molar-refractivity contribution in [3.63, 3.8) is 0 Å². The molecule has 292 valence electrons. The first kappa shape index (κ1) is 42.8. The zero-order valence-corrected chi connectivity index (χ0v) is 28.1. The van der Waals surface area contributed by atoms with Crippen molar-refractivity contribution in [1.29, 1.82) is 0 Å². The Bertz CT molecular complexity index is 1410. The molecule has 14 atom stereocenters. The van der Waals surface area contributed by atoms with Gasteiger partial charge < -0.3 is 75.6 Å². The SMILES string of the molecule is CC(=O)N[C@@H]1[C@@H](O)[C@H](O[C@@H]2O[C@H](CO)[C@@H](O)[C@H](O)[C@H]2N(C(C)=O)C(C)=O)[C@@H](CO)O[C@]1(O[C@@H]([C@H](O)[C@@H](N)C=O)[C@H](O)CO)c1ccc([N+](=O)[O-])cc1. The van der Waals surface area contributed by atoms with Gasteiger partial charge in [-0.25, -0.2) is 0 Å². The van der Waals surface area contributed by atoms with E-state index in [1.54, 1.807) is 0 Å². The summed E-state index contributed by atoms with van der Waals surface area (Å²) in [5, 5.41) is 99.3. The zero-order valence-electron chi connectivity index (χ0n) is 28.1. The molecule has 0 unspecified atom stereocenters. The van der Waals surface area contributed by atoms with E-state index in [0.717, 1.165) is 45.0 Å². The lowest BCUT2D eigenvalue weighted by Crippen LogP contribution is -2.73. The van der Waals surface area contributed by atoms with Crippen LogP contribution in [0.3, 0.4) is 0 Å². The van der Waals surface area contributed by atoms with E-state index in [4.69, 9.17) is 24.7 Å². The lowest BCUT2D eigenvalue weighted by molar-refractivity contribution is -0.390. The minimum Gasteiger partial charge on any atom is -0.394 e. The van der Waals surface area contributed by atoms with Gasteiger partial charge in [0.25, 0.3) is 5.69 Å². The Balaban J connectivity index is 2.26. The number of carbonyl (C=O) groups excluding carboxylic acids is 4. The van der Waals surface area contributed by atoms with E-state index in [0.29, 0.717) is 4.90 Å². The average Bonchev–Trinajstić information content (AvgIpc) is 3.10. The lowest BCUT2D eigenvalue weighted by atomic mass is 9.84. The normalized spacial score (nSPS) is 32.9. The van der Waals surface area contributed by atoms with Crippen molar-refractivity contribution in [3.05, 3.63) is 39.9 Å². The van der Waals surface area contributed by atoms with Crippen molar-refractivity contribution in [2.24, 2.45) is 5.73 Å². The minimum absolute atomic E-state index is 0.0862. The van der Waals surface area contributed by atoms with Gasteiger partial charge in [-0.1, -0.05) is 0 Å². The van der Waals surface area contributed by atoms with Crippen LogP contribution in [0, 0.1) is 10.1 Å². The molecule has 2 fully saturated rings. The maximum atomic E-state index is 12.7. The van der Waals surface area contributed by atoms with Crippen LogP contribution in [0.4, 0.5) is 5.69 Å². The van der Waals surface area contributed by atoms with Crippen LogP contribution in [0.5, 0.6) is 0 Å². The predicted octanol–water partition coefficient (Wildman–Crippen LogP) is -5.78. The molecule has 2 aliphatic rings. The highest BCUT2D eigenvalue weighted by atomic mass is 16.7. The third-order valence-electron chi connectivity index (χ3n) is 8.68. The molecule has 2 saturated heterocycles. The predicted molar refractivity (Wildman–Crippen MR) is 168 cm³/mol. The van der Waals surface area contributed by atoms with Gasteiger partial charge in [-0.3, -0.25) is 29.4 Å². The highest BCUT2D eigenvalue weighted by Gasteiger charge is 2.61. The van der Waals surface area contributed by atoms with Gasteiger partial charge >= 0.3 is 0 Å². The number of nitrogens with one attached hydrogen (secondary N) is 1. The second kappa shape index (κ2) is 17.9. The molecule has 3 amide bonds. The van der Waals surface area contributed by atoms with Gasteiger partial charge in [0.05, 0.1) is 30.8 Å². The summed E-state index contributed by atoms with van der Waals surface area (Å²) in [4.78, 5) is 60.5. The Labute approximate surface area is 295 Å². The van der Waals surface area contributed by atoms with Crippen LogP contribution < -0.4 is 11.1 Å². The molecular weight excluding hydrogens is 704 g/mol. The number of hydrogen-bond acceptors (Lipinski definition) is 19. The van der Waals surface area contributed by atoms with Crippen molar-refractivity contribution in [3.8, 4) is 0 Å². The molecule has 0 bridgehead atoms. The fourth-order valence-electron chi connectivity index (χ4n) is 6.17.